The van der Waals surface area contributed by atoms with Crippen LogP contribution in [-0.2, 0) is 7.05 Å². The molecule has 0 amide bonds. The highest BCUT2D eigenvalue weighted by atomic mass is 19.4. The fourth-order valence-electron chi connectivity index (χ4n) is 6.23. The summed E-state index contributed by atoms with van der Waals surface area (Å²) in [6.45, 7) is 1.85. The van der Waals surface area contributed by atoms with Crippen LogP contribution in [0.2, 0.25) is 0 Å². The van der Waals surface area contributed by atoms with Crippen LogP contribution in [-0.4, -0.2) is 36.6 Å². The number of imidazole rings is 1. The van der Waals surface area contributed by atoms with E-state index < -0.39 is 23.9 Å². The molecule has 2 aliphatic carbocycles. The number of aromatic amines is 1. The first-order valence-electron chi connectivity index (χ1n) is 13.4. The summed E-state index contributed by atoms with van der Waals surface area (Å²) in [6, 6.07) is 4.90. The van der Waals surface area contributed by atoms with E-state index in [4.69, 9.17) is 0 Å². The second kappa shape index (κ2) is 9.49. The molecule has 4 heterocycles. The van der Waals surface area contributed by atoms with Crippen LogP contribution >= 0.6 is 0 Å². The van der Waals surface area contributed by atoms with Crippen LogP contribution in [0, 0.1) is 12.8 Å². The Morgan fingerprint density at radius 1 is 1.05 bits per heavy atom. The second-order valence-corrected chi connectivity index (χ2v) is 11.2. The van der Waals surface area contributed by atoms with Gasteiger partial charge in [-0.25, -0.2) is 13.8 Å². The van der Waals surface area contributed by atoms with Gasteiger partial charge in [-0.15, -0.1) is 0 Å². The molecule has 40 heavy (non-hydrogen) atoms. The number of fused-ring (bicyclic) bond motifs is 1. The van der Waals surface area contributed by atoms with E-state index in [1.54, 1.807) is 29.1 Å². The van der Waals surface area contributed by atoms with Gasteiger partial charge in [0.25, 0.3) is 0 Å². The molecule has 4 aromatic rings. The molecule has 210 valence electrons. The Bertz CT molecular complexity index is 1640. The molecule has 4 aromatic heterocycles. The third kappa shape index (κ3) is 4.79. The lowest BCUT2D eigenvalue weighted by atomic mass is 9.75. The van der Waals surface area contributed by atoms with Gasteiger partial charge < -0.3 is 9.55 Å². The Balaban J connectivity index is 1.43. The van der Waals surface area contributed by atoms with E-state index in [0.29, 0.717) is 52.2 Å². The predicted molar refractivity (Wildman–Crippen MR) is 140 cm³/mol. The van der Waals surface area contributed by atoms with Crippen molar-refractivity contribution in [2.24, 2.45) is 13.0 Å². The molecule has 2 saturated carbocycles. The van der Waals surface area contributed by atoms with E-state index >= 15 is 0 Å². The summed E-state index contributed by atoms with van der Waals surface area (Å²) in [7, 11) is 1.82. The van der Waals surface area contributed by atoms with Crippen molar-refractivity contribution in [1.82, 2.24) is 24.5 Å². The number of nitrogens with zero attached hydrogens (tertiary/aromatic N) is 4. The van der Waals surface area contributed by atoms with Gasteiger partial charge in [0.1, 0.15) is 5.69 Å². The minimum Gasteiger partial charge on any atom is -0.354 e. The lowest BCUT2D eigenvalue weighted by Crippen LogP contribution is -2.34. The smallest absolute Gasteiger partial charge is 0.354 e. The molecule has 0 radical (unpaired) electrons. The first kappa shape index (κ1) is 26.6. The van der Waals surface area contributed by atoms with Crippen molar-refractivity contribution in [3.8, 4) is 22.8 Å². The van der Waals surface area contributed by atoms with Gasteiger partial charge in [-0.1, -0.05) is 0 Å². The van der Waals surface area contributed by atoms with Gasteiger partial charge in [0, 0.05) is 61.7 Å². The zero-order valence-electron chi connectivity index (χ0n) is 22.0. The highest BCUT2D eigenvalue weighted by molar-refractivity contribution is 5.92. The SMILES string of the molecule is Cc1cn(C)c(-c2nccc3[nH]c(-c4cnc(C5CC(F)(F)C5)cc4[C@H]4CC[C@@H](C(F)(F)F)CC4)cc(=O)c23)n1. The van der Waals surface area contributed by atoms with Crippen LogP contribution in [0.25, 0.3) is 33.7 Å². The number of nitrogens with one attached hydrogen (secondary N) is 1. The predicted octanol–water partition coefficient (Wildman–Crippen LogP) is 7.04. The summed E-state index contributed by atoms with van der Waals surface area (Å²) < 4.78 is 69.1. The molecule has 11 heteroatoms. The van der Waals surface area contributed by atoms with Crippen LogP contribution < -0.4 is 5.43 Å². The van der Waals surface area contributed by atoms with Gasteiger partial charge in [-0.05, 0) is 56.2 Å². The highest BCUT2D eigenvalue weighted by Crippen LogP contribution is 2.50. The Hall–Kier alpha value is -3.63. The van der Waals surface area contributed by atoms with Crippen LogP contribution in [0.5, 0.6) is 0 Å². The van der Waals surface area contributed by atoms with Gasteiger partial charge in [0.05, 0.1) is 28.2 Å². The van der Waals surface area contributed by atoms with Crippen molar-refractivity contribution in [3.63, 3.8) is 0 Å². The molecule has 0 aromatic carbocycles. The molecule has 6 nitrogen and oxygen atoms in total. The van der Waals surface area contributed by atoms with Crippen LogP contribution in [0.4, 0.5) is 22.0 Å². The summed E-state index contributed by atoms with van der Waals surface area (Å²) in [5.74, 6) is -4.14. The average Bonchev–Trinajstić information content (AvgIpc) is 3.23. The lowest BCUT2D eigenvalue weighted by molar-refractivity contribution is -0.182. The average molecular weight is 558 g/mol. The van der Waals surface area contributed by atoms with Gasteiger partial charge in [0.15, 0.2) is 11.3 Å². The first-order valence-corrected chi connectivity index (χ1v) is 13.4. The van der Waals surface area contributed by atoms with Crippen molar-refractivity contribution in [2.75, 3.05) is 0 Å². The Kier molecular flexibility index (Phi) is 6.30. The van der Waals surface area contributed by atoms with Gasteiger partial charge in [0.2, 0.25) is 5.92 Å². The molecule has 0 atom stereocenters. The van der Waals surface area contributed by atoms with Gasteiger partial charge in [-0.3, -0.25) is 14.8 Å². The molecule has 1 N–H and O–H groups in total. The Morgan fingerprint density at radius 2 is 1.77 bits per heavy atom. The number of hydrogen-bond donors (Lipinski definition) is 1. The minimum absolute atomic E-state index is 0.000879. The van der Waals surface area contributed by atoms with Crippen LogP contribution in [0.3, 0.4) is 0 Å². The monoisotopic (exact) mass is 557 g/mol. The second-order valence-electron chi connectivity index (χ2n) is 11.2. The molecule has 0 bridgehead atoms. The molecular weight excluding hydrogens is 529 g/mol. The van der Waals surface area contributed by atoms with Crippen molar-refractivity contribution < 1.29 is 22.0 Å². The van der Waals surface area contributed by atoms with E-state index in [1.807, 2.05) is 20.2 Å². The number of pyridine rings is 3. The van der Waals surface area contributed by atoms with E-state index in [1.165, 1.54) is 6.07 Å². The summed E-state index contributed by atoms with van der Waals surface area (Å²) in [5.41, 5.74) is 3.78. The molecule has 0 spiro atoms. The molecule has 0 unspecified atom stereocenters. The number of aromatic nitrogens is 5. The van der Waals surface area contributed by atoms with Crippen molar-refractivity contribution >= 4 is 10.9 Å². The first-order chi connectivity index (χ1) is 18.9. The number of alkyl halides is 5. The zero-order valence-corrected chi connectivity index (χ0v) is 22.0. The maximum Gasteiger partial charge on any atom is 0.391 e. The lowest BCUT2D eigenvalue weighted by Gasteiger charge is -2.35. The highest BCUT2D eigenvalue weighted by Gasteiger charge is 2.47. The van der Waals surface area contributed by atoms with Gasteiger partial charge in [-0.2, -0.15) is 13.2 Å². The fourth-order valence-corrected chi connectivity index (χ4v) is 6.23. The summed E-state index contributed by atoms with van der Waals surface area (Å²) in [5, 5.41) is 0.369. The number of aryl methyl sites for hydroxylation is 2. The molecule has 0 saturated heterocycles. The topological polar surface area (TPSA) is 76.5 Å². The maximum absolute atomic E-state index is 13.6. The van der Waals surface area contributed by atoms with E-state index in [0.717, 1.165) is 11.3 Å². The van der Waals surface area contributed by atoms with Crippen molar-refractivity contribution in [3.05, 3.63) is 64.0 Å². The number of hydrogen-bond acceptors (Lipinski definition) is 4. The fraction of sp³-hybridized carbons (Fsp3) is 0.448. The standard InChI is InChI=1S/C29H28F5N5O/c1-15-14-39(2)27(37-15)26-25-21(7-8-35-26)38-23(10-24(25)40)20-13-36-22(17-11-28(30,31)12-17)9-19(20)16-3-5-18(6-4-16)29(32,33)34/h7-10,13-14,16-18H,3-6,11-12H2,1-2H3,(H,38,40)/t16-,18+. The number of rotatable bonds is 4. The molecular formula is C29H28F5N5O. The Morgan fingerprint density at radius 3 is 2.40 bits per heavy atom. The van der Waals surface area contributed by atoms with Gasteiger partial charge >= 0.3 is 6.18 Å². The summed E-state index contributed by atoms with van der Waals surface area (Å²) in [6.07, 6.45) is 0.774. The van der Waals surface area contributed by atoms with Crippen molar-refractivity contribution in [1.29, 1.82) is 0 Å². The minimum atomic E-state index is -4.24. The van der Waals surface area contributed by atoms with E-state index in [9.17, 15) is 26.7 Å². The third-order valence-corrected chi connectivity index (χ3v) is 8.34. The Labute approximate surface area is 226 Å². The van der Waals surface area contributed by atoms with E-state index in [-0.39, 0.29) is 37.0 Å². The third-order valence-electron chi connectivity index (χ3n) is 8.34. The largest absolute Gasteiger partial charge is 0.391 e. The summed E-state index contributed by atoms with van der Waals surface area (Å²) in [4.78, 5) is 30.2. The molecule has 6 rings (SSSR count). The summed E-state index contributed by atoms with van der Waals surface area (Å²) >= 11 is 0. The zero-order chi connectivity index (χ0) is 28.4. The van der Waals surface area contributed by atoms with Crippen molar-refractivity contribution in [2.45, 2.75) is 69.4 Å². The maximum atomic E-state index is 13.6. The number of H-pyrrole nitrogens is 1. The number of halogens is 5. The molecule has 2 aliphatic rings. The van der Waals surface area contributed by atoms with Crippen LogP contribution in [0.15, 0.2) is 41.6 Å². The normalized spacial score (nSPS) is 21.5. The van der Waals surface area contributed by atoms with Crippen LogP contribution in [0.1, 0.15) is 67.3 Å². The molecule has 0 aliphatic heterocycles. The van der Waals surface area contributed by atoms with E-state index in [2.05, 4.69) is 19.9 Å². The molecule has 2 fully saturated rings. The quantitative estimate of drug-likeness (QED) is 0.273.